The van der Waals surface area contributed by atoms with Gasteiger partial charge in [0, 0.05) is 30.6 Å². The van der Waals surface area contributed by atoms with Crippen LogP contribution in [-0.4, -0.2) is 41.4 Å². The van der Waals surface area contributed by atoms with Gasteiger partial charge >= 0.3 is 0 Å². The van der Waals surface area contributed by atoms with Gasteiger partial charge in [0.2, 0.25) is 0 Å². The maximum Gasteiger partial charge on any atom is 0.125 e. The van der Waals surface area contributed by atoms with Crippen LogP contribution >= 0.6 is 0 Å². The number of nitrogens with one attached hydrogen (secondary N) is 1. The summed E-state index contributed by atoms with van der Waals surface area (Å²) in [5.74, 6) is 0.791. The Morgan fingerprint density at radius 2 is 2.17 bits per heavy atom. The van der Waals surface area contributed by atoms with Crippen LogP contribution < -0.4 is 5.32 Å². The van der Waals surface area contributed by atoms with Crippen LogP contribution in [0.15, 0.2) is 6.20 Å². The summed E-state index contributed by atoms with van der Waals surface area (Å²) >= 11 is 0. The number of aliphatic hydroxyl groups is 1. The first-order valence-electron chi connectivity index (χ1n) is 6.25. The van der Waals surface area contributed by atoms with Gasteiger partial charge in [-0.1, -0.05) is 0 Å². The van der Waals surface area contributed by atoms with E-state index in [9.17, 15) is 5.11 Å². The van der Waals surface area contributed by atoms with Crippen LogP contribution in [0.4, 0.5) is 0 Å². The van der Waals surface area contributed by atoms with E-state index in [0.29, 0.717) is 13.0 Å². The molecule has 0 amide bonds. The predicted octanol–water partition coefficient (Wildman–Crippen LogP) is 1.14. The molecule has 2 N–H and O–H groups in total. The molecule has 5 heteroatoms. The minimum absolute atomic E-state index is 0.181. The first-order valence-corrected chi connectivity index (χ1v) is 6.25. The molecule has 102 valence electrons. The molecule has 0 radical (unpaired) electrons. The number of ether oxygens (including phenoxy) is 1. The van der Waals surface area contributed by atoms with Crippen LogP contribution in [0.25, 0.3) is 0 Å². The van der Waals surface area contributed by atoms with Crippen molar-refractivity contribution in [2.45, 2.75) is 39.3 Å². The van der Waals surface area contributed by atoms with Crippen molar-refractivity contribution < 1.29 is 9.84 Å². The topological polar surface area (TPSA) is 67.3 Å². The van der Waals surface area contributed by atoms with E-state index in [4.69, 9.17) is 4.74 Å². The molecule has 1 rings (SSSR count). The molecule has 0 aliphatic heterocycles. The molecule has 1 aromatic heterocycles. The molecule has 0 saturated carbocycles. The Morgan fingerprint density at radius 3 is 2.78 bits per heavy atom. The van der Waals surface area contributed by atoms with Crippen LogP contribution in [0.5, 0.6) is 0 Å². The van der Waals surface area contributed by atoms with Crippen molar-refractivity contribution in [1.82, 2.24) is 15.3 Å². The fraction of sp³-hybridized carbons (Fsp3) is 0.692. The van der Waals surface area contributed by atoms with Gasteiger partial charge in [-0.2, -0.15) is 0 Å². The second kappa shape index (κ2) is 7.41. The zero-order chi connectivity index (χ0) is 13.5. The number of aromatic nitrogens is 2. The highest BCUT2D eigenvalue weighted by Gasteiger charge is 2.10. The molecule has 2 unspecified atom stereocenters. The molecule has 0 saturated heterocycles. The van der Waals surface area contributed by atoms with E-state index in [2.05, 4.69) is 22.2 Å². The van der Waals surface area contributed by atoms with Crippen molar-refractivity contribution in [3.63, 3.8) is 0 Å². The summed E-state index contributed by atoms with van der Waals surface area (Å²) in [6.45, 7) is 7.06. The summed E-state index contributed by atoms with van der Waals surface area (Å²) in [6.07, 6.45) is 2.12. The fourth-order valence-electron chi connectivity index (χ4n) is 1.87. The number of nitrogens with zero attached hydrogens (tertiary/aromatic N) is 2. The average molecular weight is 253 g/mol. The van der Waals surface area contributed by atoms with Crippen molar-refractivity contribution in [3.8, 4) is 0 Å². The number of methoxy groups -OCH3 is 1. The molecule has 0 aliphatic carbocycles. The highest BCUT2D eigenvalue weighted by atomic mass is 16.5. The van der Waals surface area contributed by atoms with Gasteiger partial charge in [-0.25, -0.2) is 9.97 Å². The first kappa shape index (κ1) is 15.0. The zero-order valence-corrected chi connectivity index (χ0v) is 11.6. The van der Waals surface area contributed by atoms with Crippen molar-refractivity contribution >= 4 is 0 Å². The SMILES string of the molecule is COCC(O)CCNC(C)c1cnc(C)nc1C. The van der Waals surface area contributed by atoms with E-state index < -0.39 is 6.10 Å². The van der Waals surface area contributed by atoms with Crippen LogP contribution in [0.3, 0.4) is 0 Å². The third-order valence-corrected chi connectivity index (χ3v) is 2.89. The van der Waals surface area contributed by atoms with Gasteiger partial charge in [-0.3, -0.25) is 0 Å². The van der Waals surface area contributed by atoms with Crippen molar-refractivity contribution in [2.75, 3.05) is 20.3 Å². The van der Waals surface area contributed by atoms with Gasteiger partial charge in [-0.05, 0) is 33.7 Å². The van der Waals surface area contributed by atoms with Gasteiger partial charge in [0.15, 0.2) is 0 Å². The van der Waals surface area contributed by atoms with E-state index in [1.807, 2.05) is 20.0 Å². The Labute approximate surface area is 109 Å². The molecular weight excluding hydrogens is 230 g/mol. The number of aryl methyl sites for hydroxylation is 2. The number of hydrogen-bond donors (Lipinski definition) is 2. The second-order valence-electron chi connectivity index (χ2n) is 4.53. The van der Waals surface area contributed by atoms with E-state index in [1.54, 1.807) is 7.11 Å². The lowest BCUT2D eigenvalue weighted by molar-refractivity contribution is 0.0590. The summed E-state index contributed by atoms with van der Waals surface area (Å²) in [7, 11) is 1.59. The molecule has 0 fully saturated rings. The Hall–Kier alpha value is -1.04. The van der Waals surface area contributed by atoms with Gasteiger partial charge in [0.05, 0.1) is 12.7 Å². The fourth-order valence-corrected chi connectivity index (χ4v) is 1.87. The molecular formula is C13H23N3O2. The minimum atomic E-state index is -0.412. The molecule has 0 bridgehead atoms. The van der Waals surface area contributed by atoms with Crippen molar-refractivity contribution in [3.05, 3.63) is 23.3 Å². The Bertz CT molecular complexity index is 371. The lowest BCUT2D eigenvalue weighted by Crippen LogP contribution is -2.26. The summed E-state index contributed by atoms with van der Waals surface area (Å²) in [5.41, 5.74) is 2.10. The number of rotatable bonds is 7. The van der Waals surface area contributed by atoms with E-state index in [-0.39, 0.29) is 6.04 Å². The normalized spacial score (nSPS) is 14.5. The third-order valence-electron chi connectivity index (χ3n) is 2.89. The smallest absolute Gasteiger partial charge is 0.125 e. The Morgan fingerprint density at radius 1 is 1.44 bits per heavy atom. The van der Waals surface area contributed by atoms with Crippen LogP contribution in [0, 0.1) is 13.8 Å². The highest BCUT2D eigenvalue weighted by Crippen LogP contribution is 2.14. The molecule has 1 heterocycles. The quantitative estimate of drug-likeness (QED) is 0.763. The van der Waals surface area contributed by atoms with Gasteiger partial charge in [0.1, 0.15) is 5.82 Å². The maximum absolute atomic E-state index is 9.53. The molecule has 0 aliphatic rings. The van der Waals surface area contributed by atoms with Crippen LogP contribution in [-0.2, 0) is 4.74 Å². The van der Waals surface area contributed by atoms with Gasteiger partial charge in [-0.15, -0.1) is 0 Å². The third kappa shape index (κ3) is 4.68. The lowest BCUT2D eigenvalue weighted by Gasteiger charge is -2.17. The highest BCUT2D eigenvalue weighted by molar-refractivity contribution is 5.19. The van der Waals surface area contributed by atoms with E-state index in [1.165, 1.54) is 0 Å². The van der Waals surface area contributed by atoms with Crippen LogP contribution in [0.1, 0.15) is 36.5 Å². The molecule has 2 atom stereocenters. The Kier molecular flexibility index (Phi) is 6.18. The molecule has 0 aromatic carbocycles. The van der Waals surface area contributed by atoms with E-state index in [0.717, 1.165) is 23.6 Å². The number of hydrogen-bond acceptors (Lipinski definition) is 5. The predicted molar refractivity (Wildman–Crippen MR) is 70.4 cm³/mol. The van der Waals surface area contributed by atoms with Gasteiger partial charge in [0.25, 0.3) is 0 Å². The van der Waals surface area contributed by atoms with Crippen molar-refractivity contribution in [1.29, 1.82) is 0 Å². The largest absolute Gasteiger partial charge is 0.391 e. The van der Waals surface area contributed by atoms with Crippen molar-refractivity contribution in [2.24, 2.45) is 0 Å². The minimum Gasteiger partial charge on any atom is -0.391 e. The molecule has 18 heavy (non-hydrogen) atoms. The molecule has 5 nitrogen and oxygen atoms in total. The maximum atomic E-state index is 9.53. The average Bonchev–Trinajstić information content (AvgIpc) is 2.29. The standard InChI is InChI=1S/C13H23N3O2/c1-9(14-6-5-12(17)8-18-4)13-7-15-11(3)16-10(13)2/h7,9,12,14,17H,5-6,8H2,1-4H3. The molecule has 1 aromatic rings. The number of aliphatic hydroxyl groups excluding tert-OH is 1. The summed E-state index contributed by atoms with van der Waals surface area (Å²) in [4.78, 5) is 8.56. The summed E-state index contributed by atoms with van der Waals surface area (Å²) in [5, 5.41) is 12.9. The first-order chi connectivity index (χ1) is 8.54. The monoisotopic (exact) mass is 253 g/mol. The second-order valence-corrected chi connectivity index (χ2v) is 4.53. The van der Waals surface area contributed by atoms with Crippen LogP contribution in [0.2, 0.25) is 0 Å². The summed E-state index contributed by atoms with van der Waals surface area (Å²) < 4.78 is 4.88. The Balaban J connectivity index is 2.43. The van der Waals surface area contributed by atoms with E-state index >= 15 is 0 Å². The lowest BCUT2D eigenvalue weighted by atomic mass is 10.1. The summed E-state index contributed by atoms with van der Waals surface area (Å²) in [6, 6.07) is 0.181. The molecule has 0 spiro atoms. The van der Waals surface area contributed by atoms with Gasteiger partial charge < -0.3 is 15.2 Å². The zero-order valence-electron chi connectivity index (χ0n) is 11.6.